The second kappa shape index (κ2) is 23.8. The summed E-state index contributed by atoms with van der Waals surface area (Å²) < 4.78 is 0. The van der Waals surface area contributed by atoms with Crippen molar-refractivity contribution in [2.24, 2.45) is 0 Å². The molecule has 0 aliphatic heterocycles. The average Bonchev–Trinajstić information content (AvgIpc) is 2.59. The van der Waals surface area contributed by atoms with E-state index < -0.39 is 0 Å². The second-order valence-electron chi connectivity index (χ2n) is 11.7. The van der Waals surface area contributed by atoms with E-state index in [0.29, 0.717) is 0 Å². The van der Waals surface area contributed by atoms with Crippen molar-refractivity contribution in [1.29, 1.82) is 0 Å². The third-order valence-electron chi connectivity index (χ3n) is 6.54. The third kappa shape index (κ3) is 20.0. The molecule has 0 rings (SSSR count). The van der Waals surface area contributed by atoms with Gasteiger partial charge >= 0.3 is 0 Å². The summed E-state index contributed by atoms with van der Waals surface area (Å²) in [7, 11) is 1.02. The molecule has 0 bridgehead atoms. The van der Waals surface area contributed by atoms with Gasteiger partial charge in [-0.2, -0.15) is 0 Å². The molecule has 0 N–H and O–H groups in total. The minimum atomic E-state index is 0. The molecule has 0 saturated heterocycles. The van der Waals surface area contributed by atoms with Crippen molar-refractivity contribution in [1.82, 2.24) is 0 Å². The summed E-state index contributed by atoms with van der Waals surface area (Å²) in [5.41, 5.74) is 7.27. The number of hydrogen-bond acceptors (Lipinski definition) is 0. The normalized spacial score (nSPS) is 12.4. The SMILES string of the molecule is CC(C)P(CCP(C(C)C)C(C)C)C(C)C.CC(C)P(CCP(C(C)C)C(C)C)C(C)C.[Rh].[Rh]. The maximum Gasteiger partial charge on any atom is 0 e. The van der Waals surface area contributed by atoms with E-state index in [9.17, 15) is 0 Å². The Labute approximate surface area is 249 Å². The van der Waals surface area contributed by atoms with Crippen LogP contribution in [0.4, 0.5) is 0 Å². The maximum atomic E-state index is 2.42. The first-order valence-corrected chi connectivity index (χ1v) is 20.2. The van der Waals surface area contributed by atoms with Crippen molar-refractivity contribution >= 4 is 31.7 Å². The third-order valence-corrected chi connectivity index (χ3v) is 20.8. The van der Waals surface area contributed by atoms with Gasteiger partial charge in [-0.1, -0.05) is 111 Å². The van der Waals surface area contributed by atoms with Gasteiger partial charge in [-0.05, 0) is 69.9 Å². The summed E-state index contributed by atoms with van der Waals surface area (Å²) in [6, 6.07) is 0. The Kier molecular flexibility index (Phi) is 30.8. The molecule has 214 valence electrons. The van der Waals surface area contributed by atoms with Gasteiger partial charge in [-0.3, -0.25) is 0 Å². The first-order chi connectivity index (χ1) is 14.5. The van der Waals surface area contributed by atoms with Crippen molar-refractivity contribution in [2.45, 2.75) is 156 Å². The second-order valence-corrected chi connectivity index (χ2v) is 25.9. The largest absolute Gasteiger partial charge is 0.101 e. The molecule has 0 aliphatic carbocycles. The standard InChI is InChI=1S/2C14H32P2.2Rh/c2*1-11(2)15(12(3)4)9-10-16(13(5)6)14(7)8;;/h2*11-14H,9-10H2,1-8H3;;. The molecule has 0 heterocycles. The van der Waals surface area contributed by atoms with Gasteiger partial charge in [0.15, 0.2) is 0 Å². The smallest absolute Gasteiger partial charge is 0 e. The van der Waals surface area contributed by atoms with E-state index in [0.717, 1.165) is 45.3 Å². The first-order valence-electron chi connectivity index (χ1n) is 13.6. The summed E-state index contributed by atoms with van der Waals surface area (Å²) in [6.07, 6.45) is 6.03. The van der Waals surface area contributed by atoms with E-state index in [-0.39, 0.29) is 70.6 Å². The summed E-state index contributed by atoms with van der Waals surface area (Å²) in [5, 5.41) is 0. The van der Waals surface area contributed by atoms with Gasteiger partial charge in [-0.25, -0.2) is 0 Å². The molecule has 0 aromatic heterocycles. The van der Waals surface area contributed by atoms with Crippen LogP contribution in [0.1, 0.15) is 111 Å². The molecule has 0 spiro atoms. The average molecular weight is 731 g/mol. The van der Waals surface area contributed by atoms with Gasteiger partial charge in [-0.15, -0.1) is 31.7 Å². The Balaban J connectivity index is -0.000000250. The van der Waals surface area contributed by atoms with Gasteiger partial charge in [0.2, 0.25) is 0 Å². The summed E-state index contributed by atoms with van der Waals surface area (Å²) in [4.78, 5) is 0. The summed E-state index contributed by atoms with van der Waals surface area (Å²) >= 11 is 0. The van der Waals surface area contributed by atoms with Crippen molar-refractivity contribution in [3.8, 4) is 0 Å². The van der Waals surface area contributed by atoms with Crippen LogP contribution in [0.25, 0.3) is 0 Å². The van der Waals surface area contributed by atoms with Gasteiger partial charge in [0.25, 0.3) is 0 Å². The van der Waals surface area contributed by atoms with Gasteiger partial charge in [0.1, 0.15) is 0 Å². The van der Waals surface area contributed by atoms with Gasteiger partial charge in [0.05, 0.1) is 0 Å². The number of rotatable bonds is 14. The topological polar surface area (TPSA) is 0 Å². The fourth-order valence-electron chi connectivity index (χ4n) is 4.91. The van der Waals surface area contributed by atoms with E-state index >= 15 is 0 Å². The van der Waals surface area contributed by atoms with Gasteiger partial charge < -0.3 is 0 Å². The van der Waals surface area contributed by atoms with Crippen LogP contribution in [-0.2, 0) is 39.0 Å². The predicted molar refractivity (Wildman–Crippen MR) is 168 cm³/mol. The zero-order valence-corrected chi connectivity index (χ0v) is 32.8. The van der Waals surface area contributed by atoms with E-state index in [2.05, 4.69) is 111 Å². The minimum Gasteiger partial charge on any atom is -0.101 e. The number of hydrogen-bond donors (Lipinski definition) is 0. The van der Waals surface area contributed by atoms with Crippen LogP contribution in [0.15, 0.2) is 0 Å². The molecule has 0 aromatic carbocycles. The fraction of sp³-hybridized carbons (Fsp3) is 1.00. The van der Waals surface area contributed by atoms with Crippen LogP contribution < -0.4 is 0 Å². The molecule has 6 heteroatoms. The van der Waals surface area contributed by atoms with Crippen LogP contribution in [0.2, 0.25) is 0 Å². The molecule has 0 atom stereocenters. The van der Waals surface area contributed by atoms with E-state index in [1.54, 1.807) is 0 Å². The minimum absolute atomic E-state index is 0. The molecule has 0 aromatic rings. The van der Waals surface area contributed by atoms with E-state index in [1.807, 2.05) is 0 Å². The molecule has 0 fully saturated rings. The first kappa shape index (κ1) is 44.0. The summed E-state index contributed by atoms with van der Waals surface area (Å²) in [5.74, 6) is 0. The monoisotopic (exact) mass is 730 g/mol. The van der Waals surface area contributed by atoms with E-state index in [4.69, 9.17) is 0 Å². The quantitative estimate of drug-likeness (QED) is 0.123. The van der Waals surface area contributed by atoms with Crippen LogP contribution in [-0.4, -0.2) is 69.9 Å². The predicted octanol–water partition coefficient (Wildman–Crippen LogP) is 11.2. The van der Waals surface area contributed by atoms with Crippen LogP contribution in [0.3, 0.4) is 0 Å². The molecular formula is C28H64P4Rh2. The van der Waals surface area contributed by atoms with Crippen LogP contribution in [0, 0.1) is 0 Å². The van der Waals surface area contributed by atoms with Crippen LogP contribution in [0.5, 0.6) is 0 Å². The Morgan fingerprint density at radius 1 is 0.265 bits per heavy atom. The van der Waals surface area contributed by atoms with Crippen molar-refractivity contribution in [3.05, 3.63) is 0 Å². The maximum absolute atomic E-state index is 2.42. The molecule has 0 amide bonds. The van der Waals surface area contributed by atoms with Crippen molar-refractivity contribution in [2.75, 3.05) is 24.6 Å². The molecule has 0 aliphatic rings. The van der Waals surface area contributed by atoms with Gasteiger partial charge in [0, 0.05) is 39.0 Å². The summed E-state index contributed by atoms with van der Waals surface area (Å²) in [6.45, 7) is 38.6. The Morgan fingerprint density at radius 2 is 0.353 bits per heavy atom. The van der Waals surface area contributed by atoms with E-state index in [1.165, 1.54) is 24.6 Å². The molecule has 0 saturated carbocycles. The van der Waals surface area contributed by atoms with Crippen molar-refractivity contribution in [3.63, 3.8) is 0 Å². The van der Waals surface area contributed by atoms with Crippen molar-refractivity contribution < 1.29 is 39.0 Å². The zero-order chi connectivity index (χ0) is 25.8. The molecule has 0 nitrogen and oxygen atoms in total. The van der Waals surface area contributed by atoms with Crippen LogP contribution >= 0.6 is 31.7 Å². The molecular weight excluding hydrogens is 666 g/mol. The Morgan fingerprint density at radius 3 is 0.412 bits per heavy atom. The fourth-order valence-corrected chi connectivity index (χ4v) is 17.5. The molecule has 0 unspecified atom stereocenters. The molecule has 2 radical (unpaired) electrons. The Bertz CT molecular complexity index is 326. The Hall–Kier alpha value is 2.97. The zero-order valence-electron chi connectivity index (χ0n) is 25.9. The molecule has 34 heavy (non-hydrogen) atoms.